The Kier molecular flexibility index (Phi) is 7.03. The molecule has 4 rings (SSSR count). The first-order chi connectivity index (χ1) is 15.5. The zero-order valence-electron chi connectivity index (χ0n) is 18.9. The van der Waals surface area contributed by atoms with Crippen molar-refractivity contribution in [2.45, 2.75) is 45.4 Å². The van der Waals surface area contributed by atoms with Gasteiger partial charge in [0.05, 0.1) is 0 Å². The Balaban J connectivity index is 1.33. The van der Waals surface area contributed by atoms with Crippen LogP contribution in [0, 0.1) is 5.92 Å². The van der Waals surface area contributed by atoms with Crippen molar-refractivity contribution in [3.63, 3.8) is 0 Å². The second-order valence-electron chi connectivity index (χ2n) is 9.05. The van der Waals surface area contributed by atoms with Crippen molar-refractivity contribution in [2.75, 3.05) is 26.2 Å². The summed E-state index contributed by atoms with van der Waals surface area (Å²) in [6.45, 7) is 4.62. The monoisotopic (exact) mass is 432 g/mol. The zero-order valence-corrected chi connectivity index (χ0v) is 18.9. The molecule has 2 aromatic rings. The van der Waals surface area contributed by atoms with Gasteiger partial charge in [-0.05, 0) is 67.3 Å². The third kappa shape index (κ3) is 5.26. The molecule has 0 aliphatic carbocycles. The van der Waals surface area contributed by atoms with Crippen LogP contribution >= 0.6 is 0 Å². The quantitative estimate of drug-likeness (QED) is 0.667. The Morgan fingerprint density at radius 2 is 1.50 bits per heavy atom. The maximum atomic E-state index is 12.9. The van der Waals surface area contributed by atoms with Crippen LogP contribution in [-0.2, 0) is 17.6 Å². The van der Waals surface area contributed by atoms with Gasteiger partial charge in [-0.25, -0.2) is 0 Å². The normalized spacial score (nSPS) is 16.9. The molecule has 2 aliphatic rings. The van der Waals surface area contributed by atoms with Crippen molar-refractivity contribution in [3.05, 3.63) is 70.8 Å². The average Bonchev–Trinajstić information content (AvgIpc) is 3.05. The van der Waals surface area contributed by atoms with Crippen LogP contribution in [0.15, 0.2) is 48.5 Å². The predicted octanol–water partition coefficient (Wildman–Crippen LogP) is 4.15. The lowest BCUT2D eigenvalue weighted by Gasteiger charge is -2.31. The lowest BCUT2D eigenvalue weighted by Crippen LogP contribution is -2.37. The molecule has 1 saturated heterocycles. The second kappa shape index (κ2) is 10.1. The molecule has 32 heavy (non-hydrogen) atoms. The highest BCUT2D eigenvalue weighted by Crippen LogP contribution is 2.24. The van der Waals surface area contributed by atoms with E-state index in [1.807, 2.05) is 52.3 Å². The zero-order chi connectivity index (χ0) is 22.5. The standard InChI is InChI=1S/C27H32N2O3/c1-20(30)28-15-11-21(12-16-28)7-10-26(31)25-9-8-22-13-17-29(18-14-24(22)19-25)27(32)23-5-3-2-4-6-23/h2-6,8-9,19,21H,7,10-18H2,1H3. The van der Waals surface area contributed by atoms with Gasteiger partial charge in [0, 0.05) is 50.7 Å². The summed E-state index contributed by atoms with van der Waals surface area (Å²) < 4.78 is 0. The minimum absolute atomic E-state index is 0.0746. The number of rotatable bonds is 5. The van der Waals surface area contributed by atoms with Crippen LogP contribution in [-0.4, -0.2) is 53.6 Å². The van der Waals surface area contributed by atoms with E-state index in [4.69, 9.17) is 0 Å². The first-order valence-corrected chi connectivity index (χ1v) is 11.8. The SMILES string of the molecule is CC(=O)N1CCC(CCC(=O)c2ccc3c(c2)CCN(C(=O)c2ccccc2)CC3)CC1. The van der Waals surface area contributed by atoms with Crippen molar-refractivity contribution in [3.8, 4) is 0 Å². The van der Waals surface area contributed by atoms with Gasteiger partial charge in [-0.3, -0.25) is 14.4 Å². The van der Waals surface area contributed by atoms with Crippen molar-refractivity contribution in [1.82, 2.24) is 9.80 Å². The Hall–Kier alpha value is -2.95. The van der Waals surface area contributed by atoms with Crippen LogP contribution in [0.3, 0.4) is 0 Å². The average molecular weight is 433 g/mol. The molecule has 2 heterocycles. The van der Waals surface area contributed by atoms with E-state index < -0.39 is 0 Å². The molecule has 0 aromatic heterocycles. The second-order valence-corrected chi connectivity index (χ2v) is 9.05. The molecule has 2 aromatic carbocycles. The molecule has 1 fully saturated rings. The summed E-state index contributed by atoms with van der Waals surface area (Å²) in [7, 11) is 0. The fourth-order valence-electron chi connectivity index (χ4n) is 4.88. The summed E-state index contributed by atoms with van der Waals surface area (Å²) in [6, 6.07) is 15.5. The fraction of sp³-hybridized carbons (Fsp3) is 0.444. The molecule has 0 saturated carbocycles. The highest BCUT2D eigenvalue weighted by atomic mass is 16.2. The van der Waals surface area contributed by atoms with E-state index >= 15 is 0 Å². The Bertz CT molecular complexity index is 978. The molecule has 2 amide bonds. The molecule has 0 unspecified atom stereocenters. The first kappa shape index (κ1) is 22.3. The maximum Gasteiger partial charge on any atom is 0.253 e. The summed E-state index contributed by atoms with van der Waals surface area (Å²) >= 11 is 0. The molecule has 5 heteroatoms. The molecule has 0 radical (unpaired) electrons. The minimum atomic E-state index is 0.0746. The van der Waals surface area contributed by atoms with Crippen molar-refractivity contribution < 1.29 is 14.4 Å². The van der Waals surface area contributed by atoms with Crippen molar-refractivity contribution in [1.29, 1.82) is 0 Å². The largest absolute Gasteiger partial charge is 0.343 e. The van der Waals surface area contributed by atoms with Gasteiger partial charge in [0.2, 0.25) is 5.91 Å². The lowest BCUT2D eigenvalue weighted by molar-refractivity contribution is -0.130. The number of nitrogens with zero attached hydrogens (tertiary/aromatic N) is 2. The molecule has 0 atom stereocenters. The number of piperidine rings is 1. The fourth-order valence-corrected chi connectivity index (χ4v) is 4.88. The summed E-state index contributed by atoms with van der Waals surface area (Å²) in [4.78, 5) is 41.0. The number of Topliss-reactive ketones (excluding diaryl/α,β-unsaturated/α-hetero) is 1. The van der Waals surface area contributed by atoms with Gasteiger partial charge in [0.1, 0.15) is 0 Å². The smallest absolute Gasteiger partial charge is 0.253 e. The minimum Gasteiger partial charge on any atom is -0.343 e. The van der Waals surface area contributed by atoms with Crippen LogP contribution < -0.4 is 0 Å². The molecular weight excluding hydrogens is 400 g/mol. The number of hydrogen-bond acceptors (Lipinski definition) is 3. The van der Waals surface area contributed by atoms with Gasteiger partial charge >= 0.3 is 0 Å². The molecular formula is C27H32N2O3. The van der Waals surface area contributed by atoms with E-state index in [0.717, 1.165) is 56.3 Å². The maximum absolute atomic E-state index is 12.9. The number of ketones is 1. The van der Waals surface area contributed by atoms with Gasteiger partial charge < -0.3 is 9.80 Å². The molecule has 5 nitrogen and oxygen atoms in total. The topological polar surface area (TPSA) is 57.7 Å². The Morgan fingerprint density at radius 3 is 2.19 bits per heavy atom. The number of carbonyl (C=O) groups excluding carboxylic acids is 3. The Labute approximate surface area is 190 Å². The van der Waals surface area contributed by atoms with Crippen molar-refractivity contribution >= 4 is 17.6 Å². The van der Waals surface area contributed by atoms with Gasteiger partial charge in [0.25, 0.3) is 5.91 Å². The van der Waals surface area contributed by atoms with E-state index in [2.05, 4.69) is 6.07 Å². The van der Waals surface area contributed by atoms with E-state index in [0.29, 0.717) is 25.4 Å². The molecule has 0 N–H and O–H groups in total. The number of benzene rings is 2. The van der Waals surface area contributed by atoms with Crippen LogP contribution in [0.25, 0.3) is 0 Å². The number of carbonyl (C=O) groups is 3. The molecule has 168 valence electrons. The van der Waals surface area contributed by atoms with E-state index in [9.17, 15) is 14.4 Å². The van der Waals surface area contributed by atoms with Gasteiger partial charge in [-0.1, -0.05) is 30.3 Å². The third-order valence-electron chi connectivity index (χ3n) is 6.98. The molecule has 0 spiro atoms. The van der Waals surface area contributed by atoms with Crippen LogP contribution in [0.5, 0.6) is 0 Å². The Morgan fingerprint density at radius 1 is 0.812 bits per heavy atom. The molecule has 0 bridgehead atoms. The van der Waals surface area contributed by atoms with Gasteiger partial charge in [-0.15, -0.1) is 0 Å². The first-order valence-electron chi connectivity index (χ1n) is 11.8. The van der Waals surface area contributed by atoms with E-state index in [-0.39, 0.29) is 17.6 Å². The summed E-state index contributed by atoms with van der Waals surface area (Å²) in [5.74, 6) is 0.940. The van der Waals surface area contributed by atoms with E-state index in [1.54, 1.807) is 6.92 Å². The van der Waals surface area contributed by atoms with Crippen LogP contribution in [0.4, 0.5) is 0 Å². The lowest BCUT2D eigenvalue weighted by atomic mass is 9.89. The summed E-state index contributed by atoms with van der Waals surface area (Å²) in [6.07, 6.45) is 5.02. The summed E-state index contributed by atoms with van der Waals surface area (Å²) in [5.41, 5.74) is 3.94. The summed E-state index contributed by atoms with van der Waals surface area (Å²) in [5, 5.41) is 0. The van der Waals surface area contributed by atoms with Crippen LogP contribution in [0.1, 0.15) is 64.4 Å². The number of fused-ring (bicyclic) bond motifs is 1. The van der Waals surface area contributed by atoms with Gasteiger partial charge in [0.15, 0.2) is 5.78 Å². The number of amides is 2. The highest BCUT2D eigenvalue weighted by molar-refractivity contribution is 5.96. The number of likely N-dealkylation sites (tertiary alicyclic amines) is 1. The van der Waals surface area contributed by atoms with E-state index in [1.165, 1.54) is 11.1 Å². The van der Waals surface area contributed by atoms with Crippen molar-refractivity contribution in [2.24, 2.45) is 5.92 Å². The predicted molar refractivity (Wildman–Crippen MR) is 125 cm³/mol. The third-order valence-corrected chi connectivity index (χ3v) is 6.98. The van der Waals surface area contributed by atoms with Gasteiger partial charge in [-0.2, -0.15) is 0 Å². The van der Waals surface area contributed by atoms with Crippen LogP contribution in [0.2, 0.25) is 0 Å². The highest BCUT2D eigenvalue weighted by Gasteiger charge is 2.23. The molecule has 2 aliphatic heterocycles. The number of hydrogen-bond donors (Lipinski definition) is 0.